The third-order valence-electron chi connectivity index (χ3n) is 3.60. The van der Waals surface area contributed by atoms with E-state index in [1.807, 2.05) is 6.07 Å². The van der Waals surface area contributed by atoms with E-state index in [0.29, 0.717) is 11.7 Å². The number of tetrazole rings is 1. The van der Waals surface area contributed by atoms with E-state index in [1.54, 1.807) is 0 Å². The van der Waals surface area contributed by atoms with Gasteiger partial charge in [-0.25, -0.2) is 5.10 Å². The zero-order chi connectivity index (χ0) is 13.4. The van der Waals surface area contributed by atoms with Crippen LogP contribution in [0.3, 0.4) is 0 Å². The molecule has 20 heavy (non-hydrogen) atoms. The van der Waals surface area contributed by atoms with Crippen LogP contribution in [0.25, 0.3) is 17.6 Å². The van der Waals surface area contributed by atoms with Gasteiger partial charge in [-0.2, -0.15) is 5.10 Å². The lowest BCUT2D eigenvalue weighted by Crippen LogP contribution is -2.05. The molecule has 3 aromatic rings. The molecule has 98 valence electrons. The quantitative estimate of drug-likeness (QED) is 0.741. The molecule has 1 aliphatic carbocycles. The Balaban J connectivity index is 1.70. The molecule has 1 atom stereocenters. The van der Waals surface area contributed by atoms with Crippen LogP contribution >= 0.6 is 0 Å². The third-order valence-corrected chi connectivity index (χ3v) is 3.60. The molecule has 2 heterocycles. The maximum absolute atomic E-state index is 4.32. The monoisotopic (exact) mass is 264 g/mol. The molecule has 1 aliphatic rings. The predicted molar refractivity (Wildman–Crippen MR) is 73.7 cm³/mol. The molecule has 0 spiro atoms. The number of nitrogens with one attached hydrogen (secondary N) is 2. The molecule has 4 rings (SSSR count). The van der Waals surface area contributed by atoms with Crippen LogP contribution in [-0.4, -0.2) is 30.8 Å². The fraction of sp³-hybridized carbons (Fsp3) is 0.143. The number of aromatic amines is 2. The summed E-state index contributed by atoms with van der Waals surface area (Å²) in [6.07, 6.45) is 5.21. The highest BCUT2D eigenvalue weighted by Crippen LogP contribution is 2.32. The Morgan fingerprint density at radius 2 is 2.00 bits per heavy atom. The lowest BCUT2D eigenvalue weighted by Gasteiger charge is -2.16. The number of aromatic nitrogens is 6. The first-order valence-corrected chi connectivity index (χ1v) is 6.46. The minimum atomic E-state index is 0.379. The molecule has 0 amide bonds. The van der Waals surface area contributed by atoms with E-state index in [4.69, 9.17) is 0 Å². The van der Waals surface area contributed by atoms with Crippen LogP contribution in [0.1, 0.15) is 22.7 Å². The minimum Gasteiger partial charge on any atom is -0.281 e. The Kier molecular flexibility index (Phi) is 2.45. The minimum absolute atomic E-state index is 0.379. The summed E-state index contributed by atoms with van der Waals surface area (Å²) in [6, 6.07) is 10.5. The lowest BCUT2D eigenvalue weighted by atomic mass is 9.88. The molecule has 0 aliphatic heterocycles. The van der Waals surface area contributed by atoms with Crippen molar-refractivity contribution >= 4 is 6.08 Å². The van der Waals surface area contributed by atoms with E-state index in [-0.39, 0.29) is 0 Å². The van der Waals surface area contributed by atoms with Gasteiger partial charge in [-0.1, -0.05) is 42.5 Å². The van der Waals surface area contributed by atoms with Gasteiger partial charge in [0.25, 0.3) is 0 Å². The number of nitrogens with zero attached hydrogens (tertiary/aromatic N) is 4. The van der Waals surface area contributed by atoms with E-state index in [2.05, 4.69) is 67.2 Å². The van der Waals surface area contributed by atoms with Crippen LogP contribution in [0.5, 0.6) is 0 Å². The Labute approximate surface area is 114 Å². The van der Waals surface area contributed by atoms with Crippen molar-refractivity contribution in [3.8, 4) is 11.5 Å². The van der Waals surface area contributed by atoms with Crippen LogP contribution in [0.4, 0.5) is 0 Å². The molecule has 1 unspecified atom stereocenters. The average molecular weight is 264 g/mol. The van der Waals surface area contributed by atoms with Crippen LogP contribution < -0.4 is 0 Å². The van der Waals surface area contributed by atoms with Crippen molar-refractivity contribution in [1.29, 1.82) is 0 Å². The molecule has 0 saturated heterocycles. The second kappa shape index (κ2) is 4.41. The molecule has 2 aromatic heterocycles. The Morgan fingerprint density at radius 1 is 1.10 bits per heavy atom. The summed E-state index contributed by atoms with van der Waals surface area (Å²) in [4.78, 5) is 0. The molecule has 1 aromatic carbocycles. The van der Waals surface area contributed by atoms with Gasteiger partial charge in [-0.3, -0.25) is 5.10 Å². The van der Waals surface area contributed by atoms with E-state index >= 15 is 0 Å². The van der Waals surface area contributed by atoms with Crippen molar-refractivity contribution in [2.24, 2.45) is 0 Å². The average Bonchev–Trinajstić information content (AvgIpc) is 3.16. The van der Waals surface area contributed by atoms with Crippen molar-refractivity contribution in [1.82, 2.24) is 30.8 Å². The van der Waals surface area contributed by atoms with Crippen molar-refractivity contribution in [2.75, 3.05) is 0 Å². The van der Waals surface area contributed by atoms with Gasteiger partial charge in [0.1, 0.15) is 5.69 Å². The van der Waals surface area contributed by atoms with Crippen LogP contribution in [0, 0.1) is 0 Å². The summed E-state index contributed by atoms with van der Waals surface area (Å²) in [6.45, 7) is 0. The van der Waals surface area contributed by atoms with Crippen molar-refractivity contribution in [2.45, 2.75) is 12.3 Å². The highest BCUT2D eigenvalue weighted by molar-refractivity contribution is 5.71. The number of hydrogen-bond donors (Lipinski definition) is 2. The normalized spacial score (nSPS) is 17.1. The molecule has 0 radical (unpaired) electrons. The topological polar surface area (TPSA) is 83.1 Å². The number of hydrogen-bond acceptors (Lipinski definition) is 4. The lowest BCUT2D eigenvalue weighted by molar-refractivity contribution is 0.794. The van der Waals surface area contributed by atoms with Crippen LogP contribution in [0.15, 0.2) is 36.4 Å². The second-order valence-electron chi connectivity index (χ2n) is 4.79. The molecule has 0 bridgehead atoms. The highest BCUT2D eigenvalue weighted by Gasteiger charge is 2.22. The summed E-state index contributed by atoms with van der Waals surface area (Å²) >= 11 is 0. The van der Waals surface area contributed by atoms with E-state index in [1.165, 1.54) is 5.56 Å². The molecular weight excluding hydrogens is 252 g/mol. The van der Waals surface area contributed by atoms with Crippen LogP contribution in [-0.2, 0) is 6.42 Å². The summed E-state index contributed by atoms with van der Waals surface area (Å²) in [5.41, 5.74) is 4.27. The van der Waals surface area contributed by atoms with Gasteiger partial charge < -0.3 is 0 Å². The maximum atomic E-state index is 4.32. The second-order valence-corrected chi connectivity index (χ2v) is 4.79. The van der Waals surface area contributed by atoms with Gasteiger partial charge in [0, 0.05) is 23.6 Å². The predicted octanol–water partition coefficient (Wildman–Crippen LogP) is 1.94. The summed E-state index contributed by atoms with van der Waals surface area (Å²) in [5.74, 6) is 0.968. The van der Waals surface area contributed by atoms with E-state index < -0.39 is 0 Å². The number of rotatable bonds is 2. The maximum Gasteiger partial charge on any atom is 0.200 e. The van der Waals surface area contributed by atoms with Gasteiger partial charge >= 0.3 is 0 Å². The fourth-order valence-electron chi connectivity index (χ4n) is 2.59. The molecule has 0 fully saturated rings. The van der Waals surface area contributed by atoms with E-state index in [0.717, 1.165) is 23.4 Å². The SMILES string of the molecule is C1=CC(c2ccccc2)Cc2[nH]nc(-c3nnn[nH]3)c21. The number of benzene rings is 1. The number of fused-ring (bicyclic) bond motifs is 1. The van der Waals surface area contributed by atoms with Crippen molar-refractivity contribution < 1.29 is 0 Å². The molecule has 2 N–H and O–H groups in total. The highest BCUT2D eigenvalue weighted by atomic mass is 15.5. The first-order chi connectivity index (χ1) is 9.92. The van der Waals surface area contributed by atoms with Gasteiger partial charge in [-0.05, 0) is 16.0 Å². The molecule has 0 saturated carbocycles. The Morgan fingerprint density at radius 3 is 2.80 bits per heavy atom. The summed E-state index contributed by atoms with van der Waals surface area (Å²) in [5, 5.41) is 21.3. The Hall–Kier alpha value is -2.76. The van der Waals surface area contributed by atoms with Gasteiger partial charge in [0.15, 0.2) is 0 Å². The molecular formula is C14H12N6. The zero-order valence-corrected chi connectivity index (χ0v) is 10.6. The van der Waals surface area contributed by atoms with Crippen LogP contribution in [0.2, 0.25) is 0 Å². The summed E-state index contributed by atoms with van der Waals surface area (Å²) in [7, 11) is 0. The first kappa shape index (κ1) is 11.1. The van der Waals surface area contributed by atoms with Crippen molar-refractivity contribution in [3.63, 3.8) is 0 Å². The third kappa shape index (κ3) is 1.73. The number of H-pyrrole nitrogens is 2. The first-order valence-electron chi connectivity index (χ1n) is 6.46. The zero-order valence-electron chi connectivity index (χ0n) is 10.6. The Bertz CT molecular complexity index is 741. The number of allylic oxidation sites excluding steroid dienone is 1. The summed E-state index contributed by atoms with van der Waals surface area (Å²) < 4.78 is 0. The fourth-order valence-corrected chi connectivity index (χ4v) is 2.59. The van der Waals surface area contributed by atoms with Gasteiger partial charge in [0.2, 0.25) is 5.82 Å². The van der Waals surface area contributed by atoms with Gasteiger partial charge in [0.05, 0.1) is 0 Å². The largest absolute Gasteiger partial charge is 0.281 e. The molecule has 6 nitrogen and oxygen atoms in total. The van der Waals surface area contributed by atoms with E-state index in [9.17, 15) is 0 Å². The van der Waals surface area contributed by atoms with Crippen molar-refractivity contribution in [3.05, 3.63) is 53.2 Å². The smallest absolute Gasteiger partial charge is 0.200 e. The van der Waals surface area contributed by atoms with Gasteiger partial charge in [-0.15, -0.1) is 5.10 Å². The standard InChI is InChI=1S/C14H12N6/c1-2-4-9(5-3-1)10-6-7-11-12(8-10)15-16-13(11)14-17-19-20-18-14/h1-7,10H,8H2,(H,15,16)(H,17,18,19,20). The molecule has 6 heteroatoms.